The second-order valence-electron chi connectivity index (χ2n) is 5.78. The van der Waals surface area contributed by atoms with E-state index in [1.54, 1.807) is 30.7 Å². The van der Waals surface area contributed by atoms with E-state index >= 15 is 0 Å². The molecule has 2 aromatic rings. The van der Waals surface area contributed by atoms with Gasteiger partial charge in [-0.3, -0.25) is 9.52 Å². The van der Waals surface area contributed by atoms with Crippen LogP contribution in [0.1, 0.15) is 5.82 Å². The maximum absolute atomic E-state index is 12.4. The largest absolute Gasteiger partial charge is 0.359 e. The summed E-state index contributed by atoms with van der Waals surface area (Å²) in [6, 6.07) is 4.83. The van der Waals surface area contributed by atoms with Gasteiger partial charge >= 0.3 is 0 Å². The van der Waals surface area contributed by atoms with Crippen molar-refractivity contribution in [2.24, 2.45) is 7.05 Å². The zero-order valence-corrected chi connectivity index (χ0v) is 15.4. The Morgan fingerprint density at radius 2 is 2.12 bits per heavy atom. The molecule has 0 aliphatic carbocycles. The number of carbonyl (C=O) groups excluding carboxylic acids is 1. The lowest BCUT2D eigenvalue weighted by Crippen LogP contribution is -2.47. The number of sulfonamides is 1. The molecule has 0 spiro atoms. The molecule has 1 fully saturated rings. The van der Waals surface area contributed by atoms with Crippen LogP contribution in [0.3, 0.4) is 0 Å². The molecule has 1 aromatic heterocycles. The molecule has 134 valence electrons. The van der Waals surface area contributed by atoms with Crippen molar-refractivity contribution in [3.05, 3.63) is 35.2 Å². The summed E-state index contributed by atoms with van der Waals surface area (Å²) in [5.41, 5.74) is 1.02. The lowest BCUT2D eigenvalue weighted by Gasteiger charge is -2.29. The number of imidazole rings is 1. The van der Waals surface area contributed by atoms with E-state index in [0.29, 0.717) is 35.3 Å². The Morgan fingerprint density at radius 1 is 1.36 bits per heavy atom. The van der Waals surface area contributed by atoms with Crippen molar-refractivity contribution in [2.45, 2.75) is 11.9 Å². The van der Waals surface area contributed by atoms with Crippen LogP contribution in [0.25, 0.3) is 0 Å². The van der Waals surface area contributed by atoms with Crippen LogP contribution >= 0.6 is 11.6 Å². The number of benzene rings is 1. The van der Waals surface area contributed by atoms with Gasteiger partial charge in [-0.1, -0.05) is 11.6 Å². The van der Waals surface area contributed by atoms with Crippen LogP contribution in [-0.2, 0) is 21.9 Å². The molecular weight excluding hydrogens is 366 g/mol. The van der Waals surface area contributed by atoms with E-state index in [2.05, 4.69) is 15.0 Å². The van der Waals surface area contributed by atoms with Gasteiger partial charge in [-0.15, -0.1) is 0 Å². The highest BCUT2D eigenvalue weighted by Gasteiger charge is 2.21. The zero-order chi connectivity index (χ0) is 18.2. The zero-order valence-electron chi connectivity index (χ0n) is 13.8. The molecule has 0 radical (unpaired) electrons. The molecule has 1 aliphatic rings. The van der Waals surface area contributed by atoms with Crippen molar-refractivity contribution in [3.63, 3.8) is 0 Å². The molecule has 0 unspecified atom stereocenters. The third-order valence-electron chi connectivity index (χ3n) is 3.94. The van der Waals surface area contributed by atoms with E-state index in [9.17, 15) is 13.2 Å². The molecule has 1 amide bonds. The third kappa shape index (κ3) is 3.72. The molecular formula is C15H18ClN5O3S. The predicted molar refractivity (Wildman–Crippen MR) is 95.4 cm³/mol. The van der Waals surface area contributed by atoms with E-state index < -0.39 is 10.0 Å². The number of aryl methyl sites for hydroxylation is 2. The molecule has 2 heterocycles. The first-order valence-corrected chi connectivity index (χ1v) is 9.46. The lowest BCUT2D eigenvalue weighted by molar-refractivity contribution is -0.120. The minimum absolute atomic E-state index is 0.0552. The van der Waals surface area contributed by atoms with Crippen LogP contribution in [0.15, 0.2) is 29.4 Å². The summed E-state index contributed by atoms with van der Waals surface area (Å²) < 4.78 is 28.9. The standard InChI is InChI=1S/C15H18ClN5O3S/c1-10-18-15(9-20(10)2)25(23,24)19-11-3-4-13(12(16)7-11)21-6-5-17-14(22)8-21/h3-4,7,9,19H,5-6,8H2,1-2H3,(H,17,22). The normalized spacial score (nSPS) is 15.2. The Bertz CT molecular complexity index is 906. The SMILES string of the molecule is Cc1nc(S(=O)(=O)Nc2ccc(N3CCNC(=O)C3)c(Cl)c2)cn1C. The number of anilines is 2. The Hall–Kier alpha value is -2.26. The van der Waals surface area contributed by atoms with Crippen molar-refractivity contribution in [3.8, 4) is 0 Å². The number of halogens is 1. The summed E-state index contributed by atoms with van der Waals surface area (Å²) in [5.74, 6) is 0.523. The maximum atomic E-state index is 12.4. The molecule has 0 bridgehead atoms. The molecule has 2 N–H and O–H groups in total. The van der Waals surface area contributed by atoms with Crippen LogP contribution in [0, 0.1) is 6.92 Å². The number of carbonyl (C=O) groups is 1. The number of hydrogen-bond donors (Lipinski definition) is 2. The predicted octanol–water partition coefficient (Wildman–Crippen LogP) is 1.12. The molecule has 8 nitrogen and oxygen atoms in total. The van der Waals surface area contributed by atoms with Crippen LogP contribution in [-0.4, -0.2) is 43.5 Å². The Labute approximate surface area is 150 Å². The van der Waals surface area contributed by atoms with E-state index in [1.807, 2.05) is 4.90 Å². The highest BCUT2D eigenvalue weighted by molar-refractivity contribution is 7.92. The fourth-order valence-corrected chi connectivity index (χ4v) is 3.93. The minimum Gasteiger partial charge on any atom is -0.359 e. The van der Waals surface area contributed by atoms with E-state index in [0.717, 1.165) is 0 Å². The average molecular weight is 384 g/mol. The summed E-state index contributed by atoms with van der Waals surface area (Å²) in [4.78, 5) is 17.4. The fourth-order valence-electron chi connectivity index (χ4n) is 2.53. The fraction of sp³-hybridized carbons (Fsp3) is 0.333. The maximum Gasteiger partial charge on any atom is 0.280 e. The van der Waals surface area contributed by atoms with Gasteiger partial charge < -0.3 is 14.8 Å². The number of nitrogens with one attached hydrogen (secondary N) is 2. The highest BCUT2D eigenvalue weighted by Crippen LogP contribution is 2.30. The van der Waals surface area contributed by atoms with Crippen molar-refractivity contribution < 1.29 is 13.2 Å². The third-order valence-corrected chi connectivity index (χ3v) is 5.50. The summed E-state index contributed by atoms with van der Waals surface area (Å²) >= 11 is 6.29. The number of hydrogen-bond acceptors (Lipinski definition) is 5. The summed E-state index contributed by atoms with van der Waals surface area (Å²) in [5, 5.41) is 3.06. The van der Waals surface area contributed by atoms with Gasteiger partial charge in [0.2, 0.25) is 5.91 Å². The van der Waals surface area contributed by atoms with Crippen LogP contribution in [0.5, 0.6) is 0 Å². The first-order chi connectivity index (χ1) is 11.8. The summed E-state index contributed by atoms with van der Waals surface area (Å²) in [7, 11) is -2.07. The lowest BCUT2D eigenvalue weighted by atomic mass is 10.2. The minimum atomic E-state index is -3.80. The van der Waals surface area contributed by atoms with Crippen LogP contribution in [0.2, 0.25) is 5.02 Å². The molecule has 0 atom stereocenters. The van der Waals surface area contributed by atoms with E-state index in [1.165, 1.54) is 12.3 Å². The number of amides is 1. The Kier molecular flexibility index (Phi) is 4.61. The molecule has 1 aliphatic heterocycles. The van der Waals surface area contributed by atoms with E-state index in [-0.39, 0.29) is 17.5 Å². The van der Waals surface area contributed by atoms with E-state index in [4.69, 9.17) is 11.6 Å². The number of aromatic nitrogens is 2. The smallest absolute Gasteiger partial charge is 0.280 e. The van der Waals surface area contributed by atoms with Gasteiger partial charge in [-0.25, -0.2) is 4.98 Å². The second-order valence-corrected chi connectivity index (χ2v) is 7.82. The number of rotatable bonds is 4. The number of nitrogens with zero attached hydrogens (tertiary/aromatic N) is 3. The quantitative estimate of drug-likeness (QED) is 0.824. The average Bonchev–Trinajstić information content (AvgIpc) is 2.87. The van der Waals surface area contributed by atoms with Crippen molar-refractivity contribution in [1.82, 2.24) is 14.9 Å². The first kappa shape index (κ1) is 17.6. The molecule has 25 heavy (non-hydrogen) atoms. The molecule has 1 saturated heterocycles. The topological polar surface area (TPSA) is 96.3 Å². The number of piperazine rings is 1. The second kappa shape index (κ2) is 6.57. The van der Waals surface area contributed by atoms with Crippen LogP contribution in [0.4, 0.5) is 11.4 Å². The van der Waals surface area contributed by atoms with Gasteiger partial charge in [-0.05, 0) is 25.1 Å². The van der Waals surface area contributed by atoms with Gasteiger partial charge in [-0.2, -0.15) is 8.42 Å². The molecule has 3 rings (SSSR count). The van der Waals surface area contributed by atoms with Crippen LogP contribution < -0.4 is 14.9 Å². The highest BCUT2D eigenvalue weighted by atomic mass is 35.5. The summed E-state index contributed by atoms with van der Waals surface area (Å²) in [6.45, 7) is 3.13. The van der Waals surface area contributed by atoms with Gasteiger partial charge in [0.1, 0.15) is 5.82 Å². The van der Waals surface area contributed by atoms with Gasteiger partial charge in [0.05, 0.1) is 22.9 Å². The monoisotopic (exact) mass is 383 g/mol. The molecule has 10 heteroatoms. The van der Waals surface area contributed by atoms with Crippen molar-refractivity contribution >= 4 is 38.9 Å². The van der Waals surface area contributed by atoms with Gasteiger partial charge in [0.25, 0.3) is 10.0 Å². The molecule has 1 aromatic carbocycles. The first-order valence-electron chi connectivity index (χ1n) is 7.60. The summed E-state index contributed by atoms with van der Waals surface area (Å²) in [6.07, 6.45) is 1.44. The Balaban J connectivity index is 1.82. The van der Waals surface area contributed by atoms with Gasteiger partial charge in [0, 0.05) is 26.3 Å². The molecule has 0 saturated carbocycles. The van der Waals surface area contributed by atoms with Crippen molar-refractivity contribution in [1.29, 1.82) is 0 Å². The van der Waals surface area contributed by atoms with Crippen molar-refractivity contribution in [2.75, 3.05) is 29.3 Å². The Morgan fingerprint density at radius 3 is 2.72 bits per heavy atom. The van der Waals surface area contributed by atoms with Gasteiger partial charge in [0.15, 0.2) is 5.03 Å².